The van der Waals surface area contributed by atoms with E-state index in [0.29, 0.717) is 0 Å². The topological polar surface area (TPSA) is 73.0 Å². The summed E-state index contributed by atoms with van der Waals surface area (Å²) < 4.78 is 0. The van der Waals surface area contributed by atoms with E-state index in [1.165, 1.54) is 0 Å². The van der Waals surface area contributed by atoms with Gasteiger partial charge in [0.1, 0.15) is 0 Å². The van der Waals surface area contributed by atoms with E-state index < -0.39 is 7.84 Å². The van der Waals surface area contributed by atoms with Gasteiger partial charge in [0.05, 0.1) is 0 Å². The van der Waals surface area contributed by atoms with Crippen molar-refractivity contribution in [2.24, 2.45) is 0 Å². The average Bonchev–Trinajstić information content (AvgIpc) is 0.722. The van der Waals surface area contributed by atoms with Gasteiger partial charge in [-0.25, -0.2) is 0 Å². The molecule has 0 radical (unpaired) electrons. The summed E-state index contributed by atoms with van der Waals surface area (Å²) >= 11 is 13.2. The summed E-state index contributed by atoms with van der Waals surface area (Å²) in [6.07, 6.45) is 0. The van der Waals surface area contributed by atoms with Gasteiger partial charge in [0.15, 0.2) is 0 Å². The second-order valence-corrected chi connectivity index (χ2v) is 59.9. The molecule has 0 aliphatic carbocycles. The molecule has 0 fully saturated rings. The van der Waals surface area contributed by atoms with Crippen LogP contribution >= 0.6 is 53.2 Å². The summed E-state index contributed by atoms with van der Waals surface area (Å²) in [6, 6.07) is 0. The van der Waals surface area contributed by atoms with E-state index in [9.17, 15) is 0 Å². The number of halogens is 4. The number of hydrogen-bond donors (Lipinski definition) is 2. The Kier molecular flexibility index (Phi) is 15.4. The third kappa shape index (κ3) is 56.9. The van der Waals surface area contributed by atoms with Crippen molar-refractivity contribution in [2.75, 3.05) is 0 Å². The Balaban J connectivity index is -0.0000000800. The van der Waals surface area contributed by atoms with Crippen LogP contribution in [0.4, 0.5) is 0 Å². The Morgan fingerprint density at radius 3 is 0.714 bits per heavy atom. The molecule has 0 aliphatic rings. The third-order valence-electron chi connectivity index (χ3n) is 0. The number of rotatable bonds is 0. The van der Waals surface area contributed by atoms with Gasteiger partial charge in [-0.2, -0.15) is 0 Å². The predicted octanol–water partition coefficient (Wildman–Crippen LogP) is 4.13. The van der Waals surface area contributed by atoms with Gasteiger partial charge in [-0.1, -0.05) is 0 Å². The van der Waals surface area contributed by atoms with Gasteiger partial charge in [0.2, 0.25) is 0 Å². The van der Waals surface area contributed by atoms with Crippen LogP contribution in [0.15, 0.2) is 0 Å². The normalized spacial score (nSPS) is 10.9. The van der Waals surface area contributed by atoms with E-state index in [-0.39, 0.29) is 12.3 Å². The van der Waals surface area contributed by atoms with Gasteiger partial charge in [-0.3, -0.25) is 0 Å². The quantitative estimate of drug-likeness (QED) is 0.455. The van der Waals surface area contributed by atoms with Gasteiger partial charge in [0.25, 0.3) is 0 Å². The van der Waals surface area contributed by atoms with Crippen LogP contribution in [0.3, 0.4) is 0 Å². The average molecular weight is 551 g/mol. The van der Waals surface area contributed by atoms with Gasteiger partial charge in [0, 0.05) is 0 Å². The smallest absolute Gasteiger partial charge is 0.369 e. The molecule has 0 spiro atoms. The molecule has 0 amide bonds. The van der Waals surface area contributed by atoms with E-state index in [2.05, 4.69) is 53.2 Å². The van der Waals surface area contributed by atoms with E-state index in [0.717, 1.165) is 0 Å². The molecule has 0 aromatic carbocycles. The maximum atomic E-state index is 3.31. The molecule has 8 N–H and O–H groups in total. The monoisotopic (exact) mass is 547 g/mol. The number of hydrogen-bond acceptors (Lipinski definition) is 0. The zero-order valence-electron chi connectivity index (χ0n) is 3.83. The molecular weight excluding hydrogens is 543 g/mol. The van der Waals surface area contributed by atoms with E-state index in [1.54, 1.807) is 0 Å². The van der Waals surface area contributed by atoms with Crippen LogP contribution in [0, 0.1) is 0 Å². The first-order valence-corrected chi connectivity index (χ1v) is 20.3. The van der Waals surface area contributed by atoms with Crippen molar-refractivity contribution < 1.29 is 7.84 Å². The van der Waals surface area contributed by atoms with Crippen molar-refractivity contribution in [3.05, 3.63) is 0 Å². The van der Waals surface area contributed by atoms with E-state index in [4.69, 9.17) is 0 Å². The van der Waals surface area contributed by atoms with Crippen LogP contribution in [-0.2, 0) is 7.84 Å². The molecule has 0 aliphatic heterocycles. The molecule has 0 rings (SSSR count). The maximum absolute atomic E-state index is 3.31. The summed E-state index contributed by atoms with van der Waals surface area (Å²) in [5.41, 5.74) is 0. The van der Waals surface area contributed by atoms with Crippen LogP contribution in [0.5, 0.6) is 0 Å². The standard InChI is InChI=1S/4BrH.2H3N.Pt/h4*1H;2*1H3;/q;;;;;;+2/p-2. The Labute approximate surface area is 72.1 Å². The fourth-order valence-corrected chi connectivity index (χ4v) is 0. The predicted molar refractivity (Wildman–Crippen MR) is 47.7 cm³/mol. The van der Waals surface area contributed by atoms with Crippen molar-refractivity contribution in [3.8, 4) is 0 Å². The maximum Gasteiger partial charge on any atom is -0.369 e. The Morgan fingerprint density at radius 1 is 0.714 bits per heavy atom. The van der Waals surface area contributed by atoms with Gasteiger partial charge < -0.3 is 12.3 Å². The minimum absolute atomic E-state index is 0. The largest absolute Gasteiger partial charge is 0.369 e. The van der Waals surface area contributed by atoms with Crippen molar-refractivity contribution >= 4 is 53.2 Å². The van der Waals surface area contributed by atoms with Crippen molar-refractivity contribution in [1.29, 1.82) is 0 Å². The molecule has 7 heteroatoms. The number of quaternary nitrogens is 2. The molecule has 0 unspecified atom stereocenters. The third-order valence-corrected chi connectivity index (χ3v) is 0. The summed E-state index contributed by atoms with van der Waals surface area (Å²) in [7, 11) is -1.69. The Hall–Kier alpha value is 2.53. The van der Waals surface area contributed by atoms with Gasteiger partial charge >= 0.3 is 61.0 Å². The minimum atomic E-state index is -1.69. The van der Waals surface area contributed by atoms with Crippen LogP contribution < -0.4 is 12.3 Å². The second kappa shape index (κ2) is 6.65. The molecule has 0 atom stereocenters. The summed E-state index contributed by atoms with van der Waals surface area (Å²) in [5, 5.41) is 0. The fourth-order valence-electron chi connectivity index (χ4n) is 0. The fraction of sp³-hybridized carbons (Fsp3) is 0. The zero-order chi connectivity index (χ0) is 4.50. The SMILES string of the molecule is [Br][Pt-2]([Br])([Br])[Br].[NH4+].[NH4+]. The molecule has 56 valence electrons. The molecule has 0 aromatic heterocycles. The minimum Gasteiger partial charge on any atom is -0.369 e. The molecule has 0 heterocycles. The van der Waals surface area contributed by atoms with Crippen LogP contribution in [0.25, 0.3) is 0 Å². The van der Waals surface area contributed by atoms with Crippen LogP contribution in [0.1, 0.15) is 0 Å². The Bertz CT molecular complexity index is 25.2. The Morgan fingerprint density at radius 2 is 0.714 bits per heavy atom. The first-order chi connectivity index (χ1) is 2.00. The van der Waals surface area contributed by atoms with Gasteiger partial charge in [-0.05, 0) is 0 Å². The molecular formula is H8Br4N2Pt. The van der Waals surface area contributed by atoms with Crippen molar-refractivity contribution in [2.45, 2.75) is 0 Å². The van der Waals surface area contributed by atoms with Gasteiger partial charge in [-0.15, -0.1) is 0 Å². The second-order valence-electron chi connectivity index (χ2n) is 0.271. The summed E-state index contributed by atoms with van der Waals surface area (Å²) in [6.45, 7) is 0. The zero-order valence-corrected chi connectivity index (χ0v) is 12.4. The van der Waals surface area contributed by atoms with Crippen molar-refractivity contribution in [1.82, 2.24) is 12.3 Å². The molecule has 2 nitrogen and oxygen atoms in total. The molecule has 0 bridgehead atoms. The van der Waals surface area contributed by atoms with Crippen LogP contribution in [-0.4, -0.2) is 0 Å². The first-order valence-electron chi connectivity index (χ1n) is 0.478. The molecule has 0 aromatic rings. The summed E-state index contributed by atoms with van der Waals surface area (Å²) in [5.74, 6) is 0. The molecule has 7 heavy (non-hydrogen) atoms. The summed E-state index contributed by atoms with van der Waals surface area (Å²) in [4.78, 5) is 0. The first kappa shape index (κ1) is 16.3. The molecule has 0 saturated heterocycles. The van der Waals surface area contributed by atoms with E-state index >= 15 is 0 Å². The van der Waals surface area contributed by atoms with Crippen LogP contribution in [0.2, 0.25) is 0 Å². The molecule has 0 saturated carbocycles. The van der Waals surface area contributed by atoms with Crippen molar-refractivity contribution in [3.63, 3.8) is 0 Å². The van der Waals surface area contributed by atoms with E-state index in [1.807, 2.05) is 0 Å².